The normalized spacial score (nSPS) is 11.3. The summed E-state index contributed by atoms with van der Waals surface area (Å²) in [6, 6.07) is 34.5. The number of nitrogens with zero attached hydrogens (tertiary/aromatic N) is 3. The summed E-state index contributed by atoms with van der Waals surface area (Å²) in [4.78, 5) is 14.0. The van der Waals surface area contributed by atoms with Crippen molar-refractivity contribution in [1.29, 1.82) is 0 Å². The molecule has 0 atom stereocenters. The fourth-order valence-corrected chi connectivity index (χ4v) is 4.73. The Morgan fingerprint density at radius 1 is 0.622 bits per heavy atom. The molecule has 0 saturated carbocycles. The van der Waals surface area contributed by atoms with Gasteiger partial charge in [0.2, 0.25) is 0 Å². The summed E-state index contributed by atoms with van der Waals surface area (Å²) in [6.07, 6.45) is -0.116. The predicted molar refractivity (Wildman–Crippen MR) is 149 cm³/mol. The molecule has 0 radical (unpaired) electrons. The number of aromatic nitrogens is 3. The molecular weight excluding hydrogens is 458 g/mol. The lowest BCUT2D eigenvalue weighted by Gasteiger charge is -2.15. The van der Waals surface area contributed by atoms with Crippen molar-refractivity contribution in [3.8, 4) is 45.7 Å². The number of aromatic hydroxyl groups is 1. The lowest BCUT2D eigenvalue weighted by molar-refractivity contribution is 0.222. The van der Waals surface area contributed by atoms with Crippen LogP contribution in [0.15, 0.2) is 103 Å². The van der Waals surface area contributed by atoms with E-state index in [4.69, 9.17) is 14.7 Å². The van der Waals surface area contributed by atoms with Gasteiger partial charge in [0.25, 0.3) is 0 Å². The average molecular weight is 484 g/mol. The van der Waals surface area contributed by atoms with E-state index >= 15 is 0 Å². The summed E-state index contributed by atoms with van der Waals surface area (Å²) in [6.45, 7) is 3.86. The Labute approximate surface area is 215 Å². The topological polar surface area (TPSA) is 68.1 Å². The van der Waals surface area contributed by atoms with E-state index in [2.05, 4.69) is 71.7 Å². The van der Waals surface area contributed by atoms with Crippen LogP contribution in [0.1, 0.15) is 13.8 Å². The van der Waals surface area contributed by atoms with Crippen LogP contribution in [0.5, 0.6) is 11.8 Å². The third kappa shape index (κ3) is 4.25. The van der Waals surface area contributed by atoms with Gasteiger partial charge < -0.3 is 9.84 Å². The summed E-state index contributed by atoms with van der Waals surface area (Å²) in [5.41, 5.74) is 3.74. The van der Waals surface area contributed by atoms with E-state index in [1.165, 1.54) is 16.5 Å². The zero-order chi connectivity index (χ0) is 25.4. The van der Waals surface area contributed by atoms with Crippen molar-refractivity contribution in [1.82, 2.24) is 15.0 Å². The lowest BCUT2D eigenvalue weighted by atomic mass is 9.91. The van der Waals surface area contributed by atoms with Crippen LogP contribution in [0.25, 0.3) is 55.4 Å². The van der Waals surface area contributed by atoms with E-state index < -0.39 is 0 Å². The molecule has 180 valence electrons. The van der Waals surface area contributed by atoms with E-state index in [0.717, 1.165) is 21.7 Å². The molecule has 6 aromatic rings. The number of phenols is 1. The fourth-order valence-electron chi connectivity index (χ4n) is 4.73. The molecule has 0 spiro atoms. The second kappa shape index (κ2) is 9.36. The third-order valence-corrected chi connectivity index (χ3v) is 6.31. The van der Waals surface area contributed by atoms with Crippen LogP contribution in [0.4, 0.5) is 0 Å². The Bertz CT molecular complexity index is 1750. The zero-order valence-corrected chi connectivity index (χ0v) is 20.6. The standard InChI is InChI=1S/C32H25N3O2/c1-20(2)37-32-34-30(26-16-8-9-18-28(26)36)33-31(35-32)27-19-22-13-10-17-23(21-11-4-3-5-12-21)29(22)25-15-7-6-14-24(25)27/h3-20,36H,1-2H3. The average Bonchev–Trinajstić information content (AvgIpc) is 2.92. The first-order valence-electron chi connectivity index (χ1n) is 12.3. The summed E-state index contributed by atoms with van der Waals surface area (Å²) < 4.78 is 5.91. The van der Waals surface area contributed by atoms with Gasteiger partial charge in [-0.15, -0.1) is 0 Å². The molecule has 5 nitrogen and oxygen atoms in total. The highest BCUT2D eigenvalue weighted by Gasteiger charge is 2.18. The van der Waals surface area contributed by atoms with Crippen LogP contribution in [0, 0.1) is 0 Å². The Morgan fingerprint density at radius 3 is 2.03 bits per heavy atom. The number of ether oxygens (including phenoxy) is 1. The second-order valence-electron chi connectivity index (χ2n) is 9.19. The van der Waals surface area contributed by atoms with Crippen LogP contribution < -0.4 is 4.74 Å². The Morgan fingerprint density at radius 2 is 1.27 bits per heavy atom. The number of fused-ring (bicyclic) bond motifs is 3. The van der Waals surface area contributed by atoms with Gasteiger partial charge in [-0.05, 0) is 64.7 Å². The SMILES string of the molecule is CC(C)Oc1nc(-c2ccccc2O)nc(-c2cc3cccc(-c4ccccc4)c3c3ccccc23)n1. The maximum absolute atomic E-state index is 10.5. The number of hydrogen-bond acceptors (Lipinski definition) is 5. The largest absolute Gasteiger partial charge is 0.507 e. The molecular formula is C32H25N3O2. The molecule has 0 unspecified atom stereocenters. The second-order valence-corrected chi connectivity index (χ2v) is 9.19. The fraction of sp³-hybridized carbons (Fsp3) is 0.0938. The maximum atomic E-state index is 10.5. The van der Waals surface area contributed by atoms with E-state index in [-0.39, 0.29) is 17.9 Å². The van der Waals surface area contributed by atoms with E-state index in [0.29, 0.717) is 17.2 Å². The molecule has 0 saturated heterocycles. The van der Waals surface area contributed by atoms with Crippen molar-refractivity contribution < 1.29 is 9.84 Å². The molecule has 0 aliphatic carbocycles. The van der Waals surface area contributed by atoms with Crippen molar-refractivity contribution in [3.05, 3.63) is 103 Å². The minimum atomic E-state index is -0.116. The monoisotopic (exact) mass is 483 g/mol. The molecule has 6 rings (SSSR count). The number of para-hydroxylation sites is 1. The molecule has 5 heteroatoms. The van der Waals surface area contributed by atoms with Gasteiger partial charge in [-0.3, -0.25) is 0 Å². The van der Waals surface area contributed by atoms with Crippen molar-refractivity contribution >= 4 is 21.5 Å². The number of benzene rings is 5. The first-order valence-corrected chi connectivity index (χ1v) is 12.3. The van der Waals surface area contributed by atoms with Gasteiger partial charge in [-0.25, -0.2) is 4.98 Å². The van der Waals surface area contributed by atoms with Crippen LogP contribution >= 0.6 is 0 Å². The highest BCUT2D eigenvalue weighted by Crippen LogP contribution is 2.39. The zero-order valence-electron chi connectivity index (χ0n) is 20.6. The third-order valence-electron chi connectivity index (χ3n) is 6.31. The van der Waals surface area contributed by atoms with Gasteiger partial charge in [0.05, 0.1) is 11.7 Å². The molecule has 0 aliphatic heterocycles. The minimum Gasteiger partial charge on any atom is -0.507 e. The van der Waals surface area contributed by atoms with Gasteiger partial charge in [0.15, 0.2) is 11.6 Å². The van der Waals surface area contributed by atoms with Crippen LogP contribution in [0.2, 0.25) is 0 Å². The summed E-state index contributed by atoms with van der Waals surface area (Å²) in [5.74, 6) is 0.958. The molecule has 5 aromatic carbocycles. The first kappa shape index (κ1) is 22.7. The lowest BCUT2D eigenvalue weighted by Crippen LogP contribution is -2.10. The maximum Gasteiger partial charge on any atom is 0.320 e. The molecule has 1 N–H and O–H groups in total. The van der Waals surface area contributed by atoms with Crippen molar-refractivity contribution in [2.75, 3.05) is 0 Å². The minimum absolute atomic E-state index is 0.103. The first-order chi connectivity index (χ1) is 18.1. The van der Waals surface area contributed by atoms with Gasteiger partial charge in [-0.2, -0.15) is 9.97 Å². The molecule has 0 bridgehead atoms. The Kier molecular flexibility index (Phi) is 5.73. The number of hydrogen-bond donors (Lipinski definition) is 1. The van der Waals surface area contributed by atoms with Gasteiger partial charge in [-0.1, -0.05) is 84.9 Å². The predicted octanol–water partition coefficient (Wildman–Crippen LogP) is 7.67. The van der Waals surface area contributed by atoms with E-state index in [9.17, 15) is 5.11 Å². The molecule has 37 heavy (non-hydrogen) atoms. The molecule has 0 fully saturated rings. The molecule has 1 heterocycles. The van der Waals surface area contributed by atoms with Crippen molar-refractivity contribution in [2.45, 2.75) is 20.0 Å². The van der Waals surface area contributed by atoms with Crippen LogP contribution in [0.3, 0.4) is 0 Å². The van der Waals surface area contributed by atoms with Crippen LogP contribution in [-0.2, 0) is 0 Å². The van der Waals surface area contributed by atoms with E-state index in [1.54, 1.807) is 18.2 Å². The Balaban J connectivity index is 1.64. The van der Waals surface area contributed by atoms with Gasteiger partial charge in [0, 0.05) is 5.56 Å². The summed E-state index contributed by atoms with van der Waals surface area (Å²) in [5, 5.41) is 14.9. The molecule has 0 amide bonds. The highest BCUT2D eigenvalue weighted by atomic mass is 16.5. The summed E-state index contributed by atoms with van der Waals surface area (Å²) in [7, 11) is 0. The van der Waals surface area contributed by atoms with Crippen LogP contribution in [-0.4, -0.2) is 26.2 Å². The number of phenolic OH excluding ortho intramolecular Hbond substituents is 1. The summed E-state index contributed by atoms with van der Waals surface area (Å²) >= 11 is 0. The van der Waals surface area contributed by atoms with Crippen molar-refractivity contribution in [2.24, 2.45) is 0 Å². The number of rotatable bonds is 5. The smallest absolute Gasteiger partial charge is 0.320 e. The van der Waals surface area contributed by atoms with Crippen molar-refractivity contribution in [3.63, 3.8) is 0 Å². The molecule has 1 aromatic heterocycles. The van der Waals surface area contributed by atoms with E-state index in [1.807, 2.05) is 32.0 Å². The molecule has 0 aliphatic rings. The van der Waals surface area contributed by atoms with Gasteiger partial charge >= 0.3 is 6.01 Å². The van der Waals surface area contributed by atoms with Gasteiger partial charge in [0.1, 0.15) is 5.75 Å². The Hall–Kier alpha value is -4.77. The highest BCUT2D eigenvalue weighted by molar-refractivity contribution is 6.18. The quantitative estimate of drug-likeness (QED) is 0.255.